The molecule has 0 amide bonds. The lowest BCUT2D eigenvalue weighted by Gasteiger charge is -2.19. The van der Waals surface area contributed by atoms with Crippen LogP contribution in [0.3, 0.4) is 0 Å². The van der Waals surface area contributed by atoms with Gasteiger partial charge >= 0.3 is 0 Å². The Morgan fingerprint density at radius 3 is 2.67 bits per heavy atom. The first-order chi connectivity index (χ1) is 8.63. The molecule has 1 atom stereocenters. The van der Waals surface area contributed by atoms with Gasteiger partial charge in [-0.15, -0.1) is 0 Å². The molecule has 0 aliphatic heterocycles. The quantitative estimate of drug-likeness (QED) is 0.808. The fourth-order valence-corrected chi connectivity index (χ4v) is 2.79. The van der Waals surface area contributed by atoms with Crippen LogP contribution in [0, 0.1) is 11.8 Å². The van der Waals surface area contributed by atoms with E-state index in [2.05, 4.69) is 31.3 Å². The second kappa shape index (κ2) is 5.66. The van der Waals surface area contributed by atoms with Crippen molar-refractivity contribution in [2.75, 3.05) is 13.6 Å². The number of Topliss-reactive ketones (excluding diaryl/α,β-unsaturated/α-hetero) is 1. The van der Waals surface area contributed by atoms with Gasteiger partial charge in [-0.3, -0.25) is 4.79 Å². The van der Waals surface area contributed by atoms with Crippen molar-refractivity contribution < 1.29 is 4.79 Å². The fraction of sp³-hybridized carbons (Fsp3) is 0.562. The molecule has 98 valence electrons. The number of carbonyl (C=O) groups is 1. The highest BCUT2D eigenvalue weighted by molar-refractivity contribution is 5.98. The summed E-state index contributed by atoms with van der Waals surface area (Å²) >= 11 is 0. The van der Waals surface area contributed by atoms with E-state index in [0.717, 1.165) is 18.5 Å². The minimum Gasteiger partial charge on any atom is -0.319 e. The van der Waals surface area contributed by atoms with E-state index in [1.165, 1.54) is 24.0 Å². The predicted octanol–water partition coefficient (Wildman–Crippen LogP) is 2.85. The second-order valence-electron chi connectivity index (χ2n) is 5.61. The Hall–Kier alpha value is -1.15. The smallest absolute Gasteiger partial charge is 0.167 e. The molecule has 2 nitrogen and oxygen atoms in total. The van der Waals surface area contributed by atoms with Gasteiger partial charge in [0.25, 0.3) is 0 Å². The van der Waals surface area contributed by atoms with E-state index in [4.69, 9.17) is 0 Å². The second-order valence-corrected chi connectivity index (χ2v) is 5.61. The van der Waals surface area contributed by atoms with Gasteiger partial charge in [-0.25, -0.2) is 0 Å². The van der Waals surface area contributed by atoms with E-state index in [1.54, 1.807) is 0 Å². The third kappa shape index (κ3) is 2.64. The summed E-state index contributed by atoms with van der Waals surface area (Å²) in [7, 11) is 1.91. The van der Waals surface area contributed by atoms with E-state index in [1.807, 2.05) is 13.1 Å². The SMILES string of the molecule is CNCC(C(=O)c1ccc2c(c1)CCC2)C(C)C. The van der Waals surface area contributed by atoms with Crippen molar-refractivity contribution in [1.82, 2.24) is 5.32 Å². The van der Waals surface area contributed by atoms with Gasteiger partial charge in [0.2, 0.25) is 0 Å². The Labute approximate surface area is 110 Å². The predicted molar refractivity (Wildman–Crippen MR) is 75.1 cm³/mol. The highest BCUT2D eigenvalue weighted by Gasteiger charge is 2.23. The van der Waals surface area contributed by atoms with Crippen LogP contribution in [0.15, 0.2) is 18.2 Å². The third-order valence-corrected chi connectivity index (χ3v) is 3.95. The van der Waals surface area contributed by atoms with E-state index >= 15 is 0 Å². The molecule has 18 heavy (non-hydrogen) atoms. The van der Waals surface area contributed by atoms with Crippen LogP contribution in [0.5, 0.6) is 0 Å². The van der Waals surface area contributed by atoms with Gasteiger partial charge in [0.1, 0.15) is 0 Å². The fourth-order valence-electron chi connectivity index (χ4n) is 2.79. The molecule has 0 saturated heterocycles. The minimum atomic E-state index is 0.0782. The molecule has 1 aromatic rings. The van der Waals surface area contributed by atoms with Crippen molar-refractivity contribution in [2.45, 2.75) is 33.1 Å². The first-order valence-corrected chi connectivity index (χ1v) is 6.94. The monoisotopic (exact) mass is 245 g/mol. The summed E-state index contributed by atoms with van der Waals surface area (Å²) in [6, 6.07) is 6.28. The van der Waals surface area contributed by atoms with Gasteiger partial charge in [-0.05, 0) is 49.4 Å². The van der Waals surface area contributed by atoms with Crippen LogP contribution in [0.4, 0.5) is 0 Å². The van der Waals surface area contributed by atoms with Crippen LogP contribution in [0.1, 0.15) is 41.8 Å². The molecule has 1 aliphatic rings. The molecular weight excluding hydrogens is 222 g/mol. The third-order valence-electron chi connectivity index (χ3n) is 3.95. The van der Waals surface area contributed by atoms with Crippen molar-refractivity contribution >= 4 is 5.78 Å². The van der Waals surface area contributed by atoms with E-state index in [9.17, 15) is 4.79 Å². The Balaban J connectivity index is 2.22. The van der Waals surface area contributed by atoms with Crippen LogP contribution in [-0.4, -0.2) is 19.4 Å². The van der Waals surface area contributed by atoms with Crippen molar-refractivity contribution in [3.05, 3.63) is 34.9 Å². The Bertz CT molecular complexity index is 437. The number of benzene rings is 1. The first kappa shape index (κ1) is 13.3. The van der Waals surface area contributed by atoms with Crippen LogP contribution in [-0.2, 0) is 12.8 Å². The van der Waals surface area contributed by atoms with Gasteiger partial charge in [0.15, 0.2) is 5.78 Å². The molecule has 0 aromatic heterocycles. The summed E-state index contributed by atoms with van der Waals surface area (Å²) in [5, 5.41) is 3.13. The Kier molecular flexibility index (Phi) is 4.18. The molecule has 1 unspecified atom stereocenters. The average molecular weight is 245 g/mol. The number of aryl methyl sites for hydroxylation is 2. The molecule has 1 aliphatic carbocycles. The zero-order valence-corrected chi connectivity index (χ0v) is 11.6. The van der Waals surface area contributed by atoms with Gasteiger partial charge in [-0.1, -0.05) is 26.0 Å². The molecule has 0 radical (unpaired) electrons. The number of rotatable bonds is 5. The summed E-state index contributed by atoms with van der Waals surface area (Å²) in [6.45, 7) is 4.99. The molecule has 0 heterocycles. The Morgan fingerprint density at radius 1 is 1.28 bits per heavy atom. The molecule has 0 bridgehead atoms. The first-order valence-electron chi connectivity index (χ1n) is 6.94. The summed E-state index contributed by atoms with van der Waals surface area (Å²) in [4.78, 5) is 12.5. The standard InChI is InChI=1S/C16H23NO/c1-11(2)15(10-17-3)16(18)14-8-7-12-5-4-6-13(12)9-14/h7-9,11,15,17H,4-6,10H2,1-3H3. The zero-order chi connectivity index (χ0) is 13.1. The number of ketones is 1. The lowest BCUT2D eigenvalue weighted by Crippen LogP contribution is -2.30. The topological polar surface area (TPSA) is 29.1 Å². The van der Waals surface area contributed by atoms with Gasteiger partial charge < -0.3 is 5.32 Å². The largest absolute Gasteiger partial charge is 0.319 e. The maximum Gasteiger partial charge on any atom is 0.167 e. The van der Waals surface area contributed by atoms with Crippen molar-refractivity contribution in [3.63, 3.8) is 0 Å². The maximum atomic E-state index is 12.5. The average Bonchev–Trinajstić information content (AvgIpc) is 2.81. The van der Waals surface area contributed by atoms with Gasteiger partial charge in [-0.2, -0.15) is 0 Å². The highest BCUT2D eigenvalue weighted by Crippen LogP contribution is 2.25. The van der Waals surface area contributed by atoms with E-state index in [-0.39, 0.29) is 11.7 Å². The van der Waals surface area contributed by atoms with Crippen LogP contribution >= 0.6 is 0 Å². The molecule has 2 heteroatoms. The lowest BCUT2D eigenvalue weighted by molar-refractivity contribution is 0.0886. The molecule has 1 N–H and O–H groups in total. The summed E-state index contributed by atoms with van der Waals surface area (Å²) in [5.41, 5.74) is 3.71. The summed E-state index contributed by atoms with van der Waals surface area (Å²) in [5.74, 6) is 0.738. The van der Waals surface area contributed by atoms with Crippen LogP contribution < -0.4 is 5.32 Å². The van der Waals surface area contributed by atoms with Crippen molar-refractivity contribution in [3.8, 4) is 0 Å². The normalized spacial score (nSPS) is 15.8. The molecule has 2 rings (SSSR count). The van der Waals surface area contributed by atoms with Crippen LogP contribution in [0.25, 0.3) is 0 Å². The number of hydrogen-bond acceptors (Lipinski definition) is 2. The van der Waals surface area contributed by atoms with Crippen molar-refractivity contribution in [2.24, 2.45) is 11.8 Å². The molecule has 0 spiro atoms. The zero-order valence-electron chi connectivity index (χ0n) is 11.6. The number of nitrogens with one attached hydrogen (secondary N) is 1. The van der Waals surface area contributed by atoms with Crippen LogP contribution in [0.2, 0.25) is 0 Å². The maximum absolute atomic E-state index is 12.5. The van der Waals surface area contributed by atoms with Gasteiger partial charge in [0, 0.05) is 18.0 Å². The van der Waals surface area contributed by atoms with Gasteiger partial charge in [0.05, 0.1) is 0 Å². The summed E-state index contributed by atoms with van der Waals surface area (Å²) in [6.07, 6.45) is 3.54. The summed E-state index contributed by atoms with van der Waals surface area (Å²) < 4.78 is 0. The highest BCUT2D eigenvalue weighted by atomic mass is 16.1. The number of hydrogen-bond donors (Lipinski definition) is 1. The van der Waals surface area contributed by atoms with E-state index in [0.29, 0.717) is 5.92 Å². The lowest BCUT2D eigenvalue weighted by atomic mass is 9.87. The Morgan fingerprint density at radius 2 is 2.00 bits per heavy atom. The molecule has 1 aromatic carbocycles. The van der Waals surface area contributed by atoms with E-state index < -0.39 is 0 Å². The number of fused-ring (bicyclic) bond motifs is 1. The molecule has 0 fully saturated rings. The number of carbonyl (C=O) groups excluding carboxylic acids is 1. The minimum absolute atomic E-state index is 0.0782. The molecule has 0 saturated carbocycles. The molecular formula is C16H23NO. The van der Waals surface area contributed by atoms with Crippen molar-refractivity contribution in [1.29, 1.82) is 0 Å².